The van der Waals surface area contributed by atoms with Crippen molar-refractivity contribution in [3.63, 3.8) is 0 Å². The molecule has 0 aliphatic carbocycles. The largest absolute Gasteiger partial charge is 0.384 e. The van der Waals surface area contributed by atoms with E-state index in [1.807, 2.05) is 17.4 Å². The molecule has 1 aliphatic heterocycles. The monoisotopic (exact) mass is 288 g/mol. The Kier molecular flexibility index (Phi) is 3.61. The molecule has 4 nitrogen and oxygen atoms in total. The van der Waals surface area contributed by atoms with Crippen molar-refractivity contribution in [2.24, 2.45) is 0 Å². The van der Waals surface area contributed by atoms with Crippen LogP contribution in [0.25, 0.3) is 0 Å². The van der Waals surface area contributed by atoms with Gasteiger partial charge in [0, 0.05) is 23.9 Å². The molecule has 3 rings (SSSR count). The van der Waals surface area contributed by atoms with E-state index in [2.05, 4.69) is 35.2 Å². The Balaban J connectivity index is 1.93. The molecule has 0 radical (unpaired) electrons. The van der Waals surface area contributed by atoms with Crippen LogP contribution in [-0.4, -0.2) is 16.5 Å². The van der Waals surface area contributed by atoms with Gasteiger partial charge in [-0.3, -0.25) is 0 Å². The van der Waals surface area contributed by atoms with Crippen molar-refractivity contribution in [1.82, 2.24) is 9.97 Å². The Morgan fingerprint density at radius 2 is 2.30 bits per heavy atom. The first-order valence-electron chi connectivity index (χ1n) is 7.15. The molecule has 0 fully saturated rings. The first-order valence-corrected chi connectivity index (χ1v) is 8.03. The summed E-state index contributed by atoms with van der Waals surface area (Å²) in [7, 11) is 0. The predicted octanol–water partition coefficient (Wildman–Crippen LogP) is 3.20. The van der Waals surface area contributed by atoms with Crippen LogP contribution in [0, 0.1) is 0 Å². The zero-order valence-corrected chi connectivity index (χ0v) is 12.8. The first-order chi connectivity index (χ1) is 9.69. The van der Waals surface area contributed by atoms with Crippen LogP contribution in [0.4, 0.5) is 11.6 Å². The van der Waals surface area contributed by atoms with E-state index < -0.39 is 0 Å². The van der Waals surface area contributed by atoms with Crippen molar-refractivity contribution < 1.29 is 0 Å². The van der Waals surface area contributed by atoms with Crippen molar-refractivity contribution in [2.75, 3.05) is 17.2 Å². The second-order valence-corrected chi connectivity index (χ2v) is 6.24. The standard InChI is InChI=1S/C15H20N4S/c1-3-4-14-17-13(16)9-15(18-14)19-7-5-12-11(10(19)2)6-8-20-12/h6,8-10H,3-5,7H2,1-2H3,(H2,16,17,18). The highest BCUT2D eigenvalue weighted by molar-refractivity contribution is 7.10. The zero-order valence-electron chi connectivity index (χ0n) is 12.0. The van der Waals surface area contributed by atoms with E-state index in [0.29, 0.717) is 11.9 Å². The summed E-state index contributed by atoms with van der Waals surface area (Å²) in [5.41, 5.74) is 7.37. The van der Waals surface area contributed by atoms with Crippen LogP contribution < -0.4 is 10.6 Å². The van der Waals surface area contributed by atoms with Crippen LogP contribution in [0.15, 0.2) is 17.5 Å². The van der Waals surface area contributed by atoms with Crippen LogP contribution in [-0.2, 0) is 12.8 Å². The van der Waals surface area contributed by atoms with E-state index in [9.17, 15) is 0 Å². The summed E-state index contributed by atoms with van der Waals surface area (Å²) >= 11 is 1.86. The molecule has 0 saturated carbocycles. The number of aromatic nitrogens is 2. The van der Waals surface area contributed by atoms with Gasteiger partial charge in [-0.15, -0.1) is 11.3 Å². The van der Waals surface area contributed by atoms with Crippen LogP contribution >= 0.6 is 11.3 Å². The molecule has 0 bridgehead atoms. The average Bonchev–Trinajstić information content (AvgIpc) is 2.88. The van der Waals surface area contributed by atoms with E-state index in [1.54, 1.807) is 0 Å². The van der Waals surface area contributed by atoms with Crippen molar-refractivity contribution >= 4 is 23.0 Å². The summed E-state index contributed by atoms with van der Waals surface area (Å²) in [5, 5.41) is 2.18. The summed E-state index contributed by atoms with van der Waals surface area (Å²) in [4.78, 5) is 12.9. The van der Waals surface area contributed by atoms with Crippen LogP contribution in [0.1, 0.15) is 42.6 Å². The molecular formula is C15H20N4S. The van der Waals surface area contributed by atoms with Gasteiger partial charge in [-0.05, 0) is 36.8 Å². The predicted molar refractivity (Wildman–Crippen MR) is 84.2 cm³/mol. The number of nitrogen functional groups attached to an aromatic ring is 1. The molecule has 0 spiro atoms. The highest BCUT2D eigenvalue weighted by Crippen LogP contribution is 2.35. The van der Waals surface area contributed by atoms with Gasteiger partial charge in [0.2, 0.25) is 0 Å². The third-order valence-electron chi connectivity index (χ3n) is 3.82. The highest BCUT2D eigenvalue weighted by Gasteiger charge is 2.26. The normalized spacial score (nSPS) is 18.1. The van der Waals surface area contributed by atoms with E-state index in [1.165, 1.54) is 10.4 Å². The lowest BCUT2D eigenvalue weighted by Crippen LogP contribution is -2.34. The fraction of sp³-hybridized carbons (Fsp3) is 0.467. The van der Waals surface area contributed by atoms with E-state index in [-0.39, 0.29) is 0 Å². The smallest absolute Gasteiger partial charge is 0.134 e. The van der Waals surface area contributed by atoms with Gasteiger partial charge in [-0.1, -0.05) is 6.92 Å². The molecule has 3 heterocycles. The third kappa shape index (κ3) is 2.38. The molecule has 1 unspecified atom stereocenters. The average molecular weight is 288 g/mol. The van der Waals surface area contributed by atoms with Gasteiger partial charge >= 0.3 is 0 Å². The van der Waals surface area contributed by atoms with Gasteiger partial charge in [-0.2, -0.15) is 0 Å². The molecule has 2 aromatic heterocycles. The number of aryl methyl sites for hydroxylation is 1. The summed E-state index contributed by atoms with van der Waals surface area (Å²) in [6.07, 6.45) is 3.00. The van der Waals surface area contributed by atoms with Crippen LogP contribution in [0.3, 0.4) is 0 Å². The van der Waals surface area contributed by atoms with Gasteiger partial charge in [-0.25, -0.2) is 9.97 Å². The molecule has 0 aromatic carbocycles. The molecule has 1 aliphatic rings. The van der Waals surface area contributed by atoms with Crippen molar-refractivity contribution in [3.05, 3.63) is 33.8 Å². The second-order valence-electron chi connectivity index (χ2n) is 5.24. The summed E-state index contributed by atoms with van der Waals surface area (Å²) in [6.45, 7) is 5.37. The number of thiophene rings is 1. The fourth-order valence-corrected chi connectivity index (χ4v) is 3.77. The molecular weight excluding hydrogens is 268 g/mol. The van der Waals surface area contributed by atoms with Gasteiger partial charge in [0.15, 0.2) is 0 Å². The minimum Gasteiger partial charge on any atom is -0.384 e. The maximum absolute atomic E-state index is 5.94. The maximum atomic E-state index is 5.94. The molecule has 106 valence electrons. The number of rotatable bonds is 3. The van der Waals surface area contributed by atoms with E-state index in [0.717, 1.165) is 37.4 Å². The molecule has 1 atom stereocenters. The summed E-state index contributed by atoms with van der Waals surface area (Å²) < 4.78 is 0. The van der Waals surface area contributed by atoms with Crippen LogP contribution in [0.2, 0.25) is 0 Å². The van der Waals surface area contributed by atoms with Gasteiger partial charge in [0.1, 0.15) is 17.5 Å². The molecule has 0 saturated heterocycles. The lowest BCUT2D eigenvalue weighted by Gasteiger charge is -2.34. The Labute approximate surface area is 123 Å². The van der Waals surface area contributed by atoms with Crippen molar-refractivity contribution in [3.8, 4) is 0 Å². The molecule has 2 aromatic rings. The van der Waals surface area contributed by atoms with Gasteiger partial charge in [0.25, 0.3) is 0 Å². The van der Waals surface area contributed by atoms with Crippen molar-refractivity contribution in [2.45, 2.75) is 39.2 Å². The summed E-state index contributed by atoms with van der Waals surface area (Å²) in [6, 6.07) is 4.48. The van der Waals surface area contributed by atoms with Gasteiger partial charge < -0.3 is 10.6 Å². The van der Waals surface area contributed by atoms with Crippen molar-refractivity contribution in [1.29, 1.82) is 0 Å². The maximum Gasteiger partial charge on any atom is 0.134 e. The topological polar surface area (TPSA) is 55.0 Å². The minimum atomic E-state index is 0.355. The first kappa shape index (κ1) is 13.4. The zero-order chi connectivity index (χ0) is 14.1. The molecule has 5 heteroatoms. The lowest BCUT2D eigenvalue weighted by molar-refractivity contribution is 0.621. The minimum absolute atomic E-state index is 0.355. The second kappa shape index (κ2) is 5.40. The Bertz CT molecular complexity index is 608. The quantitative estimate of drug-likeness (QED) is 0.942. The third-order valence-corrected chi connectivity index (χ3v) is 4.82. The van der Waals surface area contributed by atoms with E-state index >= 15 is 0 Å². The molecule has 20 heavy (non-hydrogen) atoms. The Morgan fingerprint density at radius 3 is 3.10 bits per heavy atom. The summed E-state index contributed by atoms with van der Waals surface area (Å²) in [5.74, 6) is 2.39. The number of anilines is 2. The number of nitrogens with zero attached hydrogens (tertiary/aromatic N) is 3. The Morgan fingerprint density at radius 1 is 1.45 bits per heavy atom. The number of hydrogen-bond acceptors (Lipinski definition) is 5. The number of hydrogen-bond donors (Lipinski definition) is 1. The Hall–Kier alpha value is -1.62. The molecule has 0 amide bonds. The highest BCUT2D eigenvalue weighted by atomic mass is 32.1. The van der Waals surface area contributed by atoms with Crippen LogP contribution in [0.5, 0.6) is 0 Å². The van der Waals surface area contributed by atoms with Gasteiger partial charge in [0.05, 0.1) is 6.04 Å². The molecule has 2 N–H and O–H groups in total. The van der Waals surface area contributed by atoms with E-state index in [4.69, 9.17) is 10.7 Å². The fourth-order valence-electron chi connectivity index (χ4n) is 2.81. The SMILES string of the molecule is CCCc1nc(N)cc(N2CCc3sccc3C2C)n1. The lowest BCUT2D eigenvalue weighted by atomic mass is 10.0. The number of fused-ring (bicyclic) bond motifs is 1. The number of nitrogens with two attached hydrogens (primary N) is 1.